The molecule has 25 heavy (non-hydrogen) atoms. The molecular weight excluding hydrogens is 340 g/mol. The lowest BCUT2D eigenvalue weighted by Crippen LogP contribution is -2.33. The van der Waals surface area contributed by atoms with Crippen molar-refractivity contribution >= 4 is 11.6 Å². The van der Waals surface area contributed by atoms with Crippen LogP contribution >= 0.6 is 11.6 Å². The molecule has 0 atom stereocenters. The highest BCUT2D eigenvalue weighted by Gasteiger charge is 2.26. The zero-order valence-electron chi connectivity index (χ0n) is 14.7. The molecule has 2 aliphatic rings. The number of hydrogen-bond acceptors (Lipinski definition) is 4. The van der Waals surface area contributed by atoms with Crippen molar-refractivity contribution in [3.63, 3.8) is 0 Å². The molecule has 0 unspecified atom stereocenters. The molecule has 2 aliphatic heterocycles. The number of halogens is 1. The lowest BCUT2D eigenvalue weighted by atomic mass is 10.0. The van der Waals surface area contributed by atoms with Crippen LogP contribution in [-0.2, 0) is 18.9 Å². The van der Waals surface area contributed by atoms with Crippen LogP contribution in [0.5, 0.6) is 0 Å². The van der Waals surface area contributed by atoms with E-state index < -0.39 is 0 Å². The summed E-state index contributed by atoms with van der Waals surface area (Å²) in [5, 5.41) is 0.720. The van der Waals surface area contributed by atoms with Crippen molar-refractivity contribution in [3.05, 3.63) is 47.0 Å². The molecule has 0 bridgehead atoms. The van der Waals surface area contributed by atoms with Crippen molar-refractivity contribution in [3.8, 4) is 0 Å². The first-order valence-electron chi connectivity index (χ1n) is 9.13. The molecule has 0 spiro atoms. The Bertz CT molecular complexity index is 529. The Hall–Kier alpha value is -0.910. The maximum atomic E-state index is 5.91. The average Bonchev–Trinajstić information content (AvgIpc) is 2.67. The molecule has 3 rings (SSSR count). The van der Waals surface area contributed by atoms with E-state index in [0.29, 0.717) is 25.0 Å². The molecule has 4 nitrogen and oxygen atoms in total. The predicted molar refractivity (Wildman–Crippen MR) is 97.4 cm³/mol. The van der Waals surface area contributed by atoms with Gasteiger partial charge < -0.3 is 18.9 Å². The van der Waals surface area contributed by atoms with Gasteiger partial charge in [-0.3, -0.25) is 0 Å². The fraction of sp³-hybridized carbons (Fsp3) is 0.600. The highest BCUT2D eigenvalue weighted by atomic mass is 35.5. The molecule has 1 aromatic rings. The number of ether oxygens (including phenoxy) is 4. The van der Waals surface area contributed by atoms with E-state index in [0.717, 1.165) is 43.1 Å². The van der Waals surface area contributed by atoms with E-state index in [2.05, 4.69) is 19.1 Å². The average molecular weight is 367 g/mol. The Morgan fingerprint density at radius 3 is 2.28 bits per heavy atom. The van der Waals surface area contributed by atoms with Gasteiger partial charge in [0.1, 0.15) is 0 Å². The van der Waals surface area contributed by atoms with E-state index >= 15 is 0 Å². The maximum absolute atomic E-state index is 5.91. The highest BCUT2D eigenvalue weighted by Crippen LogP contribution is 2.28. The summed E-state index contributed by atoms with van der Waals surface area (Å²) in [6.45, 7) is 5.02. The van der Waals surface area contributed by atoms with E-state index in [4.69, 9.17) is 30.5 Å². The normalized spacial score (nSPS) is 30.6. The molecule has 2 saturated heterocycles. The van der Waals surface area contributed by atoms with Crippen molar-refractivity contribution in [2.75, 3.05) is 26.4 Å². The van der Waals surface area contributed by atoms with Crippen molar-refractivity contribution in [1.29, 1.82) is 0 Å². The Morgan fingerprint density at radius 2 is 1.64 bits per heavy atom. The molecule has 5 heteroatoms. The van der Waals surface area contributed by atoms with E-state index in [1.807, 2.05) is 24.3 Å². The van der Waals surface area contributed by atoms with Crippen molar-refractivity contribution in [2.24, 2.45) is 11.8 Å². The minimum absolute atomic E-state index is 0.0970. The van der Waals surface area contributed by atoms with Crippen LogP contribution in [0.25, 0.3) is 0 Å². The number of allylic oxidation sites excluding steroid dienone is 1. The monoisotopic (exact) mass is 366 g/mol. The van der Waals surface area contributed by atoms with Crippen LogP contribution in [-0.4, -0.2) is 32.7 Å². The van der Waals surface area contributed by atoms with Gasteiger partial charge in [0.15, 0.2) is 12.6 Å². The number of rotatable bonds is 6. The van der Waals surface area contributed by atoms with Gasteiger partial charge in [0.2, 0.25) is 0 Å². The van der Waals surface area contributed by atoms with Gasteiger partial charge >= 0.3 is 0 Å². The van der Waals surface area contributed by atoms with Gasteiger partial charge in [-0.1, -0.05) is 42.8 Å². The molecule has 2 fully saturated rings. The van der Waals surface area contributed by atoms with E-state index in [1.165, 1.54) is 0 Å². The van der Waals surface area contributed by atoms with E-state index in [-0.39, 0.29) is 12.6 Å². The first-order valence-corrected chi connectivity index (χ1v) is 9.51. The summed E-state index contributed by atoms with van der Waals surface area (Å²) in [7, 11) is 0. The molecule has 0 aliphatic carbocycles. The Kier molecular flexibility index (Phi) is 7.32. The largest absolute Gasteiger partial charge is 0.352 e. The van der Waals surface area contributed by atoms with Gasteiger partial charge in [-0.25, -0.2) is 0 Å². The summed E-state index contributed by atoms with van der Waals surface area (Å²) in [6, 6.07) is 7.60. The van der Waals surface area contributed by atoms with Crippen LogP contribution in [0.3, 0.4) is 0 Å². The quantitative estimate of drug-likeness (QED) is 0.681. The maximum Gasteiger partial charge on any atom is 0.183 e. The zero-order valence-corrected chi connectivity index (χ0v) is 15.5. The molecule has 0 saturated carbocycles. The van der Waals surface area contributed by atoms with Gasteiger partial charge in [-0.15, -0.1) is 0 Å². The molecule has 0 amide bonds. The second kappa shape index (κ2) is 9.70. The van der Waals surface area contributed by atoms with E-state index in [1.54, 1.807) is 0 Å². The first kappa shape index (κ1) is 18.9. The van der Waals surface area contributed by atoms with Crippen molar-refractivity contribution in [2.45, 2.75) is 38.8 Å². The summed E-state index contributed by atoms with van der Waals surface area (Å²) in [6.07, 6.45) is 6.89. The lowest BCUT2D eigenvalue weighted by molar-refractivity contribution is -0.217. The molecular formula is C20H27ClO4. The minimum atomic E-state index is -0.290. The SMILES string of the molecule is CC/C=C/C1COC(CC[C@H]2CO[C@H](c3ccc(Cl)cc3)OC2)OC1. The summed E-state index contributed by atoms with van der Waals surface area (Å²) in [4.78, 5) is 0. The van der Waals surface area contributed by atoms with Gasteiger partial charge in [-0.05, 0) is 31.4 Å². The van der Waals surface area contributed by atoms with Gasteiger partial charge in [-0.2, -0.15) is 0 Å². The Balaban J connectivity index is 1.34. The highest BCUT2D eigenvalue weighted by molar-refractivity contribution is 6.30. The van der Waals surface area contributed by atoms with Crippen LogP contribution in [0.15, 0.2) is 36.4 Å². The number of benzene rings is 1. The van der Waals surface area contributed by atoms with E-state index in [9.17, 15) is 0 Å². The Morgan fingerprint density at radius 1 is 0.960 bits per heavy atom. The third kappa shape index (κ3) is 5.80. The number of hydrogen-bond donors (Lipinski definition) is 0. The standard InChI is InChI=1S/C20H27ClO4/c1-2-3-4-15-11-22-19(23-12-15)10-5-16-13-24-20(25-14-16)17-6-8-18(21)9-7-17/h3-4,6-9,15-16,19-20H,2,5,10-14H2,1H3/b4-3+/t15?,16-,19?,20-. The predicted octanol–water partition coefficient (Wildman–Crippen LogP) is 4.74. The Labute approximate surface area is 155 Å². The van der Waals surface area contributed by atoms with Crippen LogP contribution < -0.4 is 0 Å². The van der Waals surface area contributed by atoms with Gasteiger partial charge in [0.25, 0.3) is 0 Å². The smallest absolute Gasteiger partial charge is 0.183 e. The first-order chi connectivity index (χ1) is 12.2. The molecule has 0 aromatic heterocycles. The van der Waals surface area contributed by atoms with Crippen molar-refractivity contribution in [1.82, 2.24) is 0 Å². The summed E-state index contributed by atoms with van der Waals surface area (Å²) in [5.41, 5.74) is 1.01. The third-order valence-electron chi connectivity index (χ3n) is 4.56. The molecule has 2 heterocycles. The summed E-state index contributed by atoms with van der Waals surface area (Å²) >= 11 is 5.91. The van der Waals surface area contributed by atoms with Gasteiger partial charge in [0.05, 0.1) is 26.4 Å². The topological polar surface area (TPSA) is 36.9 Å². The second-order valence-corrected chi connectivity index (χ2v) is 7.12. The summed E-state index contributed by atoms with van der Waals surface area (Å²) in [5.74, 6) is 0.770. The third-order valence-corrected chi connectivity index (χ3v) is 4.81. The fourth-order valence-corrected chi connectivity index (χ4v) is 3.18. The van der Waals surface area contributed by atoms with Crippen LogP contribution in [0.4, 0.5) is 0 Å². The fourth-order valence-electron chi connectivity index (χ4n) is 3.06. The molecule has 138 valence electrons. The summed E-state index contributed by atoms with van der Waals surface area (Å²) < 4.78 is 23.3. The molecule has 0 N–H and O–H groups in total. The van der Waals surface area contributed by atoms with Crippen molar-refractivity contribution < 1.29 is 18.9 Å². The van der Waals surface area contributed by atoms with Crippen LogP contribution in [0.1, 0.15) is 38.0 Å². The lowest BCUT2D eigenvalue weighted by Gasteiger charge is -2.32. The molecule has 0 radical (unpaired) electrons. The minimum Gasteiger partial charge on any atom is -0.352 e. The zero-order chi connectivity index (χ0) is 17.5. The second-order valence-electron chi connectivity index (χ2n) is 6.69. The van der Waals surface area contributed by atoms with Crippen LogP contribution in [0, 0.1) is 11.8 Å². The van der Waals surface area contributed by atoms with Crippen LogP contribution in [0.2, 0.25) is 5.02 Å². The van der Waals surface area contributed by atoms with Gasteiger partial charge in [0, 0.05) is 22.4 Å². The molecule has 1 aromatic carbocycles.